The lowest BCUT2D eigenvalue weighted by Gasteiger charge is -2.12. The second-order valence-corrected chi connectivity index (χ2v) is 6.84. The summed E-state index contributed by atoms with van der Waals surface area (Å²) in [4.78, 5) is 27.1. The number of ketones is 1. The third-order valence-corrected chi connectivity index (χ3v) is 4.99. The van der Waals surface area contributed by atoms with E-state index in [2.05, 4.69) is 26.2 Å². The second kappa shape index (κ2) is 8.40. The average molecular weight is 423 g/mol. The van der Waals surface area contributed by atoms with Crippen LogP contribution in [0, 0.1) is 13.8 Å². The maximum atomic E-state index is 12.4. The lowest BCUT2D eigenvalue weighted by atomic mass is 10.1. The van der Waals surface area contributed by atoms with Gasteiger partial charge in [-0.3, -0.25) is 9.59 Å². The summed E-state index contributed by atoms with van der Waals surface area (Å²) in [6, 6.07) is 3.72. The number of amides is 1. The molecule has 2 N–H and O–H groups in total. The molecule has 26 heavy (non-hydrogen) atoms. The number of carbonyl (C=O) groups excluding carboxylic acids is 2. The van der Waals surface area contributed by atoms with Crippen molar-refractivity contribution < 1.29 is 19.1 Å². The molecule has 0 unspecified atom stereocenters. The van der Waals surface area contributed by atoms with Crippen LogP contribution in [-0.2, 0) is 6.42 Å². The van der Waals surface area contributed by atoms with Crippen molar-refractivity contribution in [3.05, 3.63) is 44.7 Å². The van der Waals surface area contributed by atoms with Crippen LogP contribution in [0.2, 0.25) is 0 Å². The van der Waals surface area contributed by atoms with Gasteiger partial charge in [-0.05, 0) is 50.5 Å². The van der Waals surface area contributed by atoms with Crippen molar-refractivity contribution in [1.29, 1.82) is 0 Å². The molecular formula is C19H23BrN2O4. The summed E-state index contributed by atoms with van der Waals surface area (Å²) in [6.45, 7) is 5.51. The zero-order valence-electron chi connectivity index (χ0n) is 15.6. The van der Waals surface area contributed by atoms with Gasteiger partial charge < -0.3 is 19.8 Å². The van der Waals surface area contributed by atoms with E-state index in [1.807, 2.05) is 12.1 Å². The molecule has 0 aliphatic heterocycles. The topological polar surface area (TPSA) is 80.4 Å². The fraction of sp³-hybridized carbons (Fsp3) is 0.368. The summed E-state index contributed by atoms with van der Waals surface area (Å²) < 4.78 is 11.5. The van der Waals surface area contributed by atoms with Crippen LogP contribution in [0.25, 0.3) is 0 Å². The molecule has 2 rings (SSSR count). The van der Waals surface area contributed by atoms with Crippen LogP contribution in [0.4, 0.5) is 0 Å². The van der Waals surface area contributed by atoms with Gasteiger partial charge >= 0.3 is 0 Å². The first-order valence-corrected chi connectivity index (χ1v) is 8.98. The van der Waals surface area contributed by atoms with E-state index in [1.54, 1.807) is 28.1 Å². The highest BCUT2D eigenvalue weighted by atomic mass is 79.9. The Morgan fingerprint density at radius 1 is 1.15 bits per heavy atom. The number of methoxy groups -OCH3 is 2. The van der Waals surface area contributed by atoms with E-state index in [4.69, 9.17) is 9.47 Å². The molecule has 140 valence electrons. The molecule has 6 nitrogen and oxygen atoms in total. The van der Waals surface area contributed by atoms with Crippen LogP contribution >= 0.6 is 15.9 Å². The fourth-order valence-corrected chi connectivity index (χ4v) is 3.51. The molecule has 0 saturated heterocycles. The number of Topliss-reactive ketones (excluding diaryl/α,β-unsaturated/α-hetero) is 1. The number of rotatable bonds is 7. The van der Waals surface area contributed by atoms with Gasteiger partial charge in [0, 0.05) is 22.3 Å². The van der Waals surface area contributed by atoms with Crippen LogP contribution in [-0.4, -0.2) is 37.4 Å². The van der Waals surface area contributed by atoms with E-state index in [1.165, 1.54) is 6.92 Å². The number of H-pyrrole nitrogens is 1. The Hall–Kier alpha value is -2.28. The third-order valence-electron chi connectivity index (χ3n) is 4.25. The Bertz CT molecular complexity index is 843. The van der Waals surface area contributed by atoms with E-state index in [0.717, 1.165) is 10.0 Å². The number of aromatic amines is 1. The van der Waals surface area contributed by atoms with Gasteiger partial charge in [0.1, 0.15) is 5.69 Å². The molecule has 1 aromatic heterocycles. The van der Waals surface area contributed by atoms with Gasteiger partial charge in [0.2, 0.25) is 0 Å². The van der Waals surface area contributed by atoms with E-state index < -0.39 is 0 Å². The Morgan fingerprint density at radius 3 is 2.31 bits per heavy atom. The minimum absolute atomic E-state index is 0.0513. The Kier molecular flexibility index (Phi) is 6.47. The number of nitrogens with one attached hydrogen (secondary N) is 2. The zero-order valence-corrected chi connectivity index (χ0v) is 17.2. The SMILES string of the molecule is COc1cc(Br)c(CCNC(=O)c2[nH]c(C)c(C(C)=O)c2C)cc1OC. The first-order chi connectivity index (χ1) is 12.3. The molecule has 0 fully saturated rings. The summed E-state index contributed by atoms with van der Waals surface area (Å²) in [6.07, 6.45) is 0.616. The predicted molar refractivity (Wildman–Crippen MR) is 104 cm³/mol. The smallest absolute Gasteiger partial charge is 0.268 e. The second-order valence-electron chi connectivity index (χ2n) is 5.99. The van der Waals surface area contributed by atoms with Crippen molar-refractivity contribution in [2.45, 2.75) is 27.2 Å². The van der Waals surface area contributed by atoms with Gasteiger partial charge in [-0.1, -0.05) is 15.9 Å². The third kappa shape index (κ3) is 4.09. The number of ether oxygens (including phenoxy) is 2. The van der Waals surface area contributed by atoms with Gasteiger partial charge in [0.25, 0.3) is 5.91 Å². The highest BCUT2D eigenvalue weighted by Gasteiger charge is 2.19. The molecule has 1 amide bonds. The molecule has 2 aromatic rings. The lowest BCUT2D eigenvalue weighted by Crippen LogP contribution is -2.26. The lowest BCUT2D eigenvalue weighted by molar-refractivity contribution is 0.0948. The number of carbonyl (C=O) groups is 2. The monoisotopic (exact) mass is 422 g/mol. The first-order valence-electron chi connectivity index (χ1n) is 8.18. The summed E-state index contributed by atoms with van der Waals surface area (Å²) in [7, 11) is 3.17. The largest absolute Gasteiger partial charge is 0.493 e. The standard InChI is InChI=1S/C19H23BrN2O4/c1-10-17(12(3)23)11(2)22-18(10)19(24)21-7-6-13-8-15(25-4)16(26-5)9-14(13)20/h8-9,22H,6-7H2,1-5H3,(H,21,24). The zero-order chi connectivity index (χ0) is 19.4. The normalized spacial score (nSPS) is 10.5. The molecule has 0 atom stereocenters. The summed E-state index contributed by atoms with van der Waals surface area (Å²) in [5.74, 6) is 1.000. The summed E-state index contributed by atoms with van der Waals surface area (Å²) in [5.41, 5.74) is 3.39. The highest BCUT2D eigenvalue weighted by Crippen LogP contribution is 2.33. The highest BCUT2D eigenvalue weighted by molar-refractivity contribution is 9.10. The summed E-state index contributed by atoms with van der Waals surface area (Å²) in [5, 5.41) is 2.89. The molecule has 0 bridgehead atoms. The van der Waals surface area contributed by atoms with Crippen molar-refractivity contribution in [3.8, 4) is 11.5 Å². The molecule has 0 radical (unpaired) electrons. The first kappa shape index (κ1) is 20.0. The van der Waals surface area contributed by atoms with Crippen LogP contribution < -0.4 is 14.8 Å². The molecule has 1 aromatic carbocycles. The van der Waals surface area contributed by atoms with Crippen molar-refractivity contribution in [2.75, 3.05) is 20.8 Å². The van der Waals surface area contributed by atoms with Crippen molar-refractivity contribution in [3.63, 3.8) is 0 Å². The predicted octanol–water partition coefficient (Wildman–Crippen LogP) is 3.59. The summed E-state index contributed by atoms with van der Waals surface area (Å²) >= 11 is 3.51. The minimum atomic E-state index is -0.227. The van der Waals surface area contributed by atoms with E-state index in [-0.39, 0.29) is 11.7 Å². The average Bonchev–Trinajstić information content (AvgIpc) is 2.90. The van der Waals surface area contributed by atoms with Crippen LogP contribution in [0.3, 0.4) is 0 Å². The number of aromatic nitrogens is 1. The van der Waals surface area contributed by atoms with Gasteiger partial charge in [-0.25, -0.2) is 0 Å². The van der Waals surface area contributed by atoms with Crippen LogP contribution in [0.1, 0.15) is 44.6 Å². The maximum Gasteiger partial charge on any atom is 0.268 e. The molecule has 0 saturated carbocycles. The van der Waals surface area contributed by atoms with Crippen molar-refractivity contribution >= 4 is 27.6 Å². The van der Waals surface area contributed by atoms with Gasteiger partial charge in [0.15, 0.2) is 17.3 Å². The Labute approximate surface area is 161 Å². The van der Waals surface area contributed by atoms with E-state index >= 15 is 0 Å². The van der Waals surface area contributed by atoms with Crippen molar-refractivity contribution in [1.82, 2.24) is 10.3 Å². The molecule has 0 aliphatic rings. The van der Waals surface area contributed by atoms with Gasteiger partial charge in [-0.15, -0.1) is 0 Å². The van der Waals surface area contributed by atoms with Crippen molar-refractivity contribution in [2.24, 2.45) is 0 Å². The number of benzene rings is 1. The van der Waals surface area contributed by atoms with Crippen LogP contribution in [0.15, 0.2) is 16.6 Å². The fourth-order valence-electron chi connectivity index (χ4n) is 2.99. The maximum absolute atomic E-state index is 12.4. The number of halogens is 1. The van der Waals surface area contributed by atoms with Crippen LogP contribution in [0.5, 0.6) is 11.5 Å². The number of aryl methyl sites for hydroxylation is 1. The molecular weight excluding hydrogens is 400 g/mol. The minimum Gasteiger partial charge on any atom is -0.493 e. The number of hydrogen-bond acceptors (Lipinski definition) is 4. The van der Waals surface area contributed by atoms with Gasteiger partial charge in [0.05, 0.1) is 14.2 Å². The molecule has 0 aliphatic carbocycles. The molecule has 7 heteroatoms. The Balaban J connectivity index is 2.08. The number of hydrogen-bond donors (Lipinski definition) is 2. The van der Waals surface area contributed by atoms with E-state index in [9.17, 15) is 9.59 Å². The van der Waals surface area contributed by atoms with E-state index in [0.29, 0.717) is 47.0 Å². The quantitative estimate of drug-likeness (QED) is 0.668. The van der Waals surface area contributed by atoms with Gasteiger partial charge in [-0.2, -0.15) is 0 Å². The Morgan fingerprint density at radius 2 is 1.77 bits per heavy atom. The molecule has 0 spiro atoms. The molecule has 1 heterocycles.